The van der Waals surface area contributed by atoms with E-state index < -0.39 is 6.04 Å². The number of aryl methyl sites for hydroxylation is 1. The topological polar surface area (TPSA) is 53.1 Å². The van der Waals surface area contributed by atoms with Gasteiger partial charge in [0.2, 0.25) is 11.8 Å². The first-order valence-electron chi connectivity index (χ1n) is 10.4. The van der Waals surface area contributed by atoms with Gasteiger partial charge in [-0.05, 0) is 31.9 Å². The summed E-state index contributed by atoms with van der Waals surface area (Å²) in [6.45, 7) is 6.52. The van der Waals surface area contributed by atoms with Crippen LogP contribution in [-0.2, 0) is 20.9 Å². The molecule has 0 N–H and O–H groups in total. The van der Waals surface area contributed by atoms with Crippen molar-refractivity contribution in [1.29, 1.82) is 0 Å². The zero-order valence-electron chi connectivity index (χ0n) is 17.4. The van der Waals surface area contributed by atoms with Crippen molar-refractivity contribution in [2.24, 2.45) is 11.8 Å². The molecule has 6 nitrogen and oxygen atoms in total. The fraction of sp³-hybridized carbons (Fsp3) is 0.636. The highest BCUT2D eigenvalue weighted by molar-refractivity contribution is 6.20. The van der Waals surface area contributed by atoms with Gasteiger partial charge in [-0.2, -0.15) is 0 Å². The van der Waals surface area contributed by atoms with Crippen LogP contribution in [0.3, 0.4) is 0 Å². The van der Waals surface area contributed by atoms with Crippen LogP contribution in [-0.4, -0.2) is 77.4 Å². The lowest BCUT2D eigenvalue weighted by Gasteiger charge is -2.52. The van der Waals surface area contributed by atoms with Crippen molar-refractivity contribution in [3.8, 4) is 0 Å². The standard InChI is InChI=1S/C22H30ClN3O3/c1-14-4-6-16(7-5-14)9-25-19(27)11-26(22(28)20(25)17-12-29-13-17)21-15(2)8-18(23)10-24(21)3/h4-7,15,17-18,20-21H,8-13H2,1-3H3. The summed E-state index contributed by atoms with van der Waals surface area (Å²) in [6, 6.07) is 7.69. The number of piperazine rings is 1. The summed E-state index contributed by atoms with van der Waals surface area (Å²) in [5.74, 6) is 0.331. The lowest BCUT2D eigenvalue weighted by Crippen LogP contribution is -2.69. The van der Waals surface area contributed by atoms with E-state index >= 15 is 0 Å². The maximum atomic E-state index is 13.6. The van der Waals surface area contributed by atoms with Crippen molar-refractivity contribution in [3.63, 3.8) is 0 Å². The number of piperidine rings is 1. The highest BCUT2D eigenvalue weighted by atomic mass is 35.5. The summed E-state index contributed by atoms with van der Waals surface area (Å²) in [6.07, 6.45) is 0.755. The summed E-state index contributed by atoms with van der Waals surface area (Å²) in [5.41, 5.74) is 2.22. The van der Waals surface area contributed by atoms with E-state index in [4.69, 9.17) is 16.3 Å². The number of alkyl halides is 1. The monoisotopic (exact) mass is 419 g/mol. The van der Waals surface area contributed by atoms with Gasteiger partial charge < -0.3 is 14.5 Å². The number of benzene rings is 1. The van der Waals surface area contributed by atoms with Crippen molar-refractivity contribution >= 4 is 23.4 Å². The third kappa shape index (κ3) is 4.03. The van der Waals surface area contributed by atoms with Crippen molar-refractivity contribution in [2.75, 3.05) is 33.4 Å². The number of amides is 2. The Balaban J connectivity index is 1.59. The lowest BCUT2D eigenvalue weighted by molar-refractivity contribution is -0.176. The molecular weight excluding hydrogens is 390 g/mol. The van der Waals surface area contributed by atoms with Gasteiger partial charge in [0.05, 0.1) is 19.4 Å². The molecule has 0 bridgehead atoms. The van der Waals surface area contributed by atoms with Crippen LogP contribution in [0.25, 0.3) is 0 Å². The fourth-order valence-corrected chi connectivity index (χ4v) is 5.46. The van der Waals surface area contributed by atoms with Crippen molar-refractivity contribution in [3.05, 3.63) is 35.4 Å². The molecule has 3 fully saturated rings. The molecule has 1 aromatic carbocycles. The van der Waals surface area contributed by atoms with Crippen LogP contribution in [0, 0.1) is 18.8 Å². The molecule has 0 aliphatic carbocycles. The second-order valence-electron chi connectivity index (χ2n) is 8.88. The van der Waals surface area contributed by atoms with Gasteiger partial charge in [0.1, 0.15) is 12.6 Å². The van der Waals surface area contributed by atoms with Gasteiger partial charge in [-0.3, -0.25) is 14.5 Å². The van der Waals surface area contributed by atoms with Crippen LogP contribution in [0.2, 0.25) is 0 Å². The summed E-state index contributed by atoms with van der Waals surface area (Å²) >= 11 is 6.37. The number of hydrogen-bond acceptors (Lipinski definition) is 4. The van der Waals surface area contributed by atoms with Gasteiger partial charge in [-0.15, -0.1) is 11.6 Å². The van der Waals surface area contributed by atoms with E-state index in [1.807, 2.05) is 38.2 Å². The maximum Gasteiger partial charge on any atom is 0.247 e. The Hall–Kier alpha value is -1.63. The Morgan fingerprint density at radius 3 is 2.45 bits per heavy atom. The van der Waals surface area contributed by atoms with Gasteiger partial charge >= 0.3 is 0 Å². The van der Waals surface area contributed by atoms with Gasteiger partial charge in [-0.25, -0.2) is 0 Å². The molecule has 3 saturated heterocycles. The average Bonchev–Trinajstić information content (AvgIpc) is 2.61. The first-order chi connectivity index (χ1) is 13.8. The molecule has 0 aromatic heterocycles. The fourth-order valence-electron chi connectivity index (χ4n) is 4.97. The predicted octanol–water partition coefficient (Wildman–Crippen LogP) is 2.09. The van der Waals surface area contributed by atoms with Crippen molar-refractivity contribution in [1.82, 2.24) is 14.7 Å². The largest absolute Gasteiger partial charge is 0.380 e. The summed E-state index contributed by atoms with van der Waals surface area (Å²) in [7, 11) is 1.99. The second-order valence-corrected chi connectivity index (χ2v) is 9.50. The minimum absolute atomic E-state index is 0.00988. The molecule has 29 heavy (non-hydrogen) atoms. The number of hydrogen-bond donors (Lipinski definition) is 0. The molecule has 3 aliphatic rings. The molecule has 4 rings (SSSR count). The Morgan fingerprint density at radius 2 is 1.86 bits per heavy atom. The number of halogens is 1. The number of likely N-dealkylation sites (tertiary alicyclic amines) is 1. The minimum Gasteiger partial charge on any atom is -0.380 e. The minimum atomic E-state index is -0.458. The number of carbonyl (C=O) groups excluding carboxylic acids is 2. The summed E-state index contributed by atoms with van der Waals surface area (Å²) in [5, 5.41) is 0.0794. The molecule has 0 radical (unpaired) electrons. The molecule has 2 amide bonds. The molecule has 3 heterocycles. The van der Waals surface area contributed by atoms with Crippen LogP contribution in [0.5, 0.6) is 0 Å². The number of ether oxygens (including phenoxy) is 1. The quantitative estimate of drug-likeness (QED) is 0.701. The van der Waals surface area contributed by atoms with Crippen LogP contribution >= 0.6 is 11.6 Å². The number of rotatable bonds is 4. The molecule has 4 unspecified atom stereocenters. The Bertz CT molecular complexity index is 755. The van der Waals surface area contributed by atoms with Crippen molar-refractivity contribution in [2.45, 2.75) is 44.4 Å². The zero-order chi connectivity index (χ0) is 20.7. The summed E-state index contributed by atoms with van der Waals surface area (Å²) < 4.78 is 5.39. The van der Waals surface area contributed by atoms with Gasteiger partial charge in [0.15, 0.2) is 0 Å². The van der Waals surface area contributed by atoms with E-state index in [1.165, 1.54) is 5.56 Å². The smallest absolute Gasteiger partial charge is 0.247 e. The Morgan fingerprint density at radius 1 is 1.17 bits per heavy atom. The third-order valence-corrected chi connectivity index (χ3v) is 6.79. The number of nitrogens with zero attached hydrogens (tertiary/aromatic N) is 3. The molecule has 0 saturated carbocycles. The van der Waals surface area contributed by atoms with Gasteiger partial charge in [-0.1, -0.05) is 36.8 Å². The molecule has 3 aliphatic heterocycles. The molecule has 4 atom stereocenters. The van der Waals surface area contributed by atoms with E-state index in [9.17, 15) is 9.59 Å². The Labute approximate surface area is 177 Å². The van der Waals surface area contributed by atoms with Crippen LogP contribution < -0.4 is 0 Å². The normalized spacial score (nSPS) is 31.9. The first-order valence-corrected chi connectivity index (χ1v) is 10.9. The second kappa shape index (κ2) is 8.25. The van der Waals surface area contributed by atoms with Gasteiger partial charge in [0, 0.05) is 24.4 Å². The van der Waals surface area contributed by atoms with E-state index in [-0.39, 0.29) is 41.7 Å². The number of carbonyl (C=O) groups is 2. The first kappa shape index (κ1) is 20.6. The van der Waals surface area contributed by atoms with E-state index in [2.05, 4.69) is 11.8 Å². The maximum absolute atomic E-state index is 13.6. The Kier molecular flexibility index (Phi) is 5.87. The zero-order valence-corrected chi connectivity index (χ0v) is 18.1. The van der Waals surface area contributed by atoms with Crippen LogP contribution in [0.4, 0.5) is 0 Å². The predicted molar refractivity (Wildman–Crippen MR) is 111 cm³/mol. The molecule has 1 aromatic rings. The molecule has 158 valence electrons. The van der Waals surface area contributed by atoms with Crippen LogP contribution in [0.15, 0.2) is 24.3 Å². The van der Waals surface area contributed by atoms with Gasteiger partial charge in [0.25, 0.3) is 0 Å². The van der Waals surface area contributed by atoms with E-state index in [0.717, 1.165) is 18.5 Å². The molecule has 0 spiro atoms. The van der Waals surface area contributed by atoms with E-state index in [0.29, 0.717) is 19.8 Å². The lowest BCUT2D eigenvalue weighted by atomic mass is 9.89. The average molecular weight is 420 g/mol. The van der Waals surface area contributed by atoms with Crippen LogP contribution in [0.1, 0.15) is 24.5 Å². The molecular formula is C22H30ClN3O3. The highest BCUT2D eigenvalue weighted by Gasteiger charge is 2.49. The van der Waals surface area contributed by atoms with Crippen molar-refractivity contribution < 1.29 is 14.3 Å². The molecule has 7 heteroatoms. The van der Waals surface area contributed by atoms with E-state index in [1.54, 1.807) is 9.80 Å². The summed E-state index contributed by atoms with van der Waals surface area (Å²) in [4.78, 5) is 32.6. The SMILES string of the molecule is Cc1ccc(CN2C(=O)CN(C3C(C)CC(Cl)CN3C)C(=O)C2C2COC2)cc1. The third-order valence-electron chi connectivity index (χ3n) is 6.48. The highest BCUT2D eigenvalue weighted by Crippen LogP contribution is 2.33.